The fourth-order valence-electron chi connectivity index (χ4n) is 1.58. The van der Waals surface area contributed by atoms with Crippen LogP contribution in [0.5, 0.6) is 0 Å². The number of halogens is 3. The summed E-state index contributed by atoms with van der Waals surface area (Å²) < 4.78 is 18.2. The topological polar surface area (TPSA) is 51.2 Å². The van der Waals surface area contributed by atoms with Crippen molar-refractivity contribution in [2.75, 3.05) is 11.9 Å². The smallest absolute Gasteiger partial charge is 0.339 e. The second-order valence-electron chi connectivity index (χ2n) is 4.03. The van der Waals surface area contributed by atoms with Gasteiger partial charge < -0.3 is 10.1 Å². The van der Waals surface area contributed by atoms with Gasteiger partial charge in [0.05, 0.1) is 22.2 Å². The molecule has 0 atom stereocenters. The van der Waals surface area contributed by atoms with Gasteiger partial charge >= 0.3 is 5.97 Å². The number of hydrogen-bond donors (Lipinski definition) is 1. The van der Waals surface area contributed by atoms with Gasteiger partial charge in [0.1, 0.15) is 5.82 Å². The van der Waals surface area contributed by atoms with E-state index in [1.165, 1.54) is 18.3 Å². The maximum absolute atomic E-state index is 13.3. The molecule has 110 valence electrons. The van der Waals surface area contributed by atoms with Gasteiger partial charge in [-0.05, 0) is 31.2 Å². The highest BCUT2D eigenvalue weighted by Crippen LogP contribution is 2.28. The fourth-order valence-corrected chi connectivity index (χ4v) is 2.07. The van der Waals surface area contributed by atoms with E-state index in [9.17, 15) is 9.18 Å². The van der Waals surface area contributed by atoms with Gasteiger partial charge in [0.2, 0.25) is 0 Å². The minimum absolute atomic E-state index is 0.0897. The Bertz CT molecular complexity index is 640. The van der Waals surface area contributed by atoms with Gasteiger partial charge in [-0.15, -0.1) is 0 Å². The summed E-state index contributed by atoms with van der Waals surface area (Å²) in [4.78, 5) is 15.5. The van der Waals surface area contributed by atoms with E-state index < -0.39 is 11.8 Å². The standard InChI is InChI=1S/C14H11Cl2FN2O2/c1-2-21-14(20)8-3-4-12(18-7-8)19-9-5-10(15)13(17)11(16)6-9/h3-7H,2H2,1H3,(H,18,19). The van der Waals surface area contributed by atoms with E-state index in [0.717, 1.165) is 0 Å². The van der Waals surface area contributed by atoms with Crippen LogP contribution in [0.15, 0.2) is 30.5 Å². The molecule has 0 fully saturated rings. The lowest BCUT2D eigenvalue weighted by Crippen LogP contribution is -2.05. The van der Waals surface area contributed by atoms with Crippen LogP contribution in [-0.2, 0) is 4.74 Å². The zero-order valence-electron chi connectivity index (χ0n) is 11.0. The van der Waals surface area contributed by atoms with Crippen LogP contribution in [0.1, 0.15) is 17.3 Å². The third-order valence-electron chi connectivity index (χ3n) is 2.53. The average Bonchev–Trinajstić information content (AvgIpc) is 2.45. The molecule has 2 rings (SSSR count). The van der Waals surface area contributed by atoms with Gasteiger partial charge in [0.15, 0.2) is 5.82 Å². The highest BCUT2D eigenvalue weighted by Gasteiger charge is 2.09. The third kappa shape index (κ3) is 3.83. The summed E-state index contributed by atoms with van der Waals surface area (Å²) in [6, 6.07) is 5.95. The second kappa shape index (κ2) is 6.74. The van der Waals surface area contributed by atoms with E-state index >= 15 is 0 Å². The number of nitrogens with zero attached hydrogens (tertiary/aromatic N) is 1. The number of anilines is 2. The van der Waals surface area contributed by atoms with Crippen LogP contribution >= 0.6 is 23.2 Å². The van der Waals surface area contributed by atoms with Gasteiger partial charge in [-0.1, -0.05) is 23.2 Å². The predicted octanol–water partition coefficient (Wildman–Crippen LogP) is 4.45. The summed E-state index contributed by atoms with van der Waals surface area (Å²) >= 11 is 11.4. The zero-order chi connectivity index (χ0) is 15.4. The third-order valence-corrected chi connectivity index (χ3v) is 3.08. The predicted molar refractivity (Wildman–Crippen MR) is 79.9 cm³/mol. The van der Waals surface area contributed by atoms with E-state index in [1.54, 1.807) is 19.1 Å². The number of carbonyl (C=O) groups is 1. The van der Waals surface area contributed by atoms with Gasteiger partial charge in [0.25, 0.3) is 0 Å². The number of aromatic nitrogens is 1. The Kier molecular flexibility index (Phi) is 4.98. The summed E-state index contributed by atoms with van der Waals surface area (Å²) in [6.45, 7) is 2.02. The largest absolute Gasteiger partial charge is 0.462 e. The number of rotatable bonds is 4. The van der Waals surface area contributed by atoms with Crippen molar-refractivity contribution >= 4 is 40.7 Å². The Hall–Kier alpha value is -1.85. The molecule has 1 N–H and O–H groups in total. The van der Waals surface area contributed by atoms with Crippen molar-refractivity contribution in [2.45, 2.75) is 6.92 Å². The molecule has 0 aliphatic carbocycles. The van der Waals surface area contributed by atoms with Crippen LogP contribution in [0, 0.1) is 5.82 Å². The Labute approximate surface area is 130 Å². The Morgan fingerprint density at radius 2 is 2.00 bits per heavy atom. The molecule has 0 bridgehead atoms. The Balaban J connectivity index is 2.15. The molecule has 0 amide bonds. The first-order valence-corrected chi connectivity index (χ1v) is 6.81. The Morgan fingerprint density at radius 1 is 1.33 bits per heavy atom. The molecule has 0 radical (unpaired) electrons. The molecule has 21 heavy (non-hydrogen) atoms. The molecule has 0 aliphatic rings. The number of benzene rings is 1. The SMILES string of the molecule is CCOC(=O)c1ccc(Nc2cc(Cl)c(F)c(Cl)c2)nc1. The lowest BCUT2D eigenvalue weighted by Gasteiger charge is -2.08. The molecule has 1 aromatic heterocycles. The van der Waals surface area contributed by atoms with E-state index in [4.69, 9.17) is 27.9 Å². The second-order valence-corrected chi connectivity index (χ2v) is 4.85. The first-order valence-electron chi connectivity index (χ1n) is 6.06. The lowest BCUT2D eigenvalue weighted by atomic mass is 10.2. The maximum Gasteiger partial charge on any atom is 0.339 e. The van der Waals surface area contributed by atoms with Crippen molar-refractivity contribution in [1.82, 2.24) is 4.98 Å². The Morgan fingerprint density at radius 3 is 2.52 bits per heavy atom. The number of esters is 1. The molecule has 0 spiro atoms. The van der Waals surface area contributed by atoms with E-state index in [2.05, 4.69) is 10.3 Å². The zero-order valence-corrected chi connectivity index (χ0v) is 12.5. The van der Waals surface area contributed by atoms with Crippen LogP contribution in [-0.4, -0.2) is 17.6 Å². The van der Waals surface area contributed by atoms with Crippen molar-refractivity contribution in [3.63, 3.8) is 0 Å². The molecule has 0 aliphatic heterocycles. The number of nitrogens with one attached hydrogen (secondary N) is 1. The van der Waals surface area contributed by atoms with Crippen LogP contribution < -0.4 is 5.32 Å². The number of pyridine rings is 1. The molecule has 0 saturated heterocycles. The van der Waals surface area contributed by atoms with Crippen molar-refractivity contribution in [2.24, 2.45) is 0 Å². The quantitative estimate of drug-likeness (QED) is 0.665. The normalized spacial score (nSPS) is 10.3. The molecule has 1 aromatic carbocycles. The highest BCUT2D eigenvalue weighted by atomic mass is 35.5. The molecule has 7 heteroatoms. The average molecular weight is 329 g/mol. The van der Waals surface area contributed by atoms with Crippen molar-refractivity contribution in [1.29, 1.82) is 0 Å². The monoisotopic (exact) mass is 328 g/mol. The molecular formula is C14H11Cl2FN2O2. The summed E-state index contributed by atoms with van der Waals surface area (Å²) in [6.07, 6.45) is 1.38. The van der Waals surface area contributed by atoms with Crippen LogP contribution in [0.3, 0.4) is 0 Å². The van der Waals surface area contributed by atoms with Crippen LogP contribution in [0.2, 0.25) is 10.0 Å². The van der Waals surface area contributed by atoms with Crippen molar-refractivity contribution in [3.05, 3.63) is 51.9 Å². The lowest BCUT2D eigenvalue weighted by molar-refractivity contribution is 0.0526. The fraction of sp³-hybridized carbons (Fsp3) is 0.143. The van der Waals surface area contributed by atoms with Gasteiger partial charge in [0, 0.05) is 11.9 Å². The summed E-state index contributed by atoms with van der Waals surface area (Å²) in [7, 11) is 0. The minimum Gasteiger partial charge on any atom is -0.462 e. The van der Waals surface area contributed by atoms with Crippen LogP contribution in [0.25, 0.3) is 0 Å². The molecule has 0 saturated carbocycles. The molecule has 4 nitrogen and oxygen atoms in total. The molecule has 2 aromatic rings. The van der Waals surface area contributed by atoms with Crippen molar-refractivity contribution < 1.29 is 13.9 Å². The molecule has 0 unspecified atom stereocenters. The van der Waals surface area contributed by atoms with E-state index in [0.29, 0.717) is 23.7 Å². The minimum atomic E-state index is -0.672. The molecular weight excluding hydrogens is 318 g/mol. The first kappa shape index (κ1) is 15.5. The van der Waals surface area contributed by atoms with Crippen LogP contribution in [0.4, 0.5) is 15.9 Å². The summed E-state index contributed by atoms with van der Waals surface area (Å²) in [5, 5.41) is 2.73. The number of carbonyl (C=O) groups excluding carboxylic acids is 1. The van der Waals surface area contributed by atoms with Gasteiger partial charge in [-0.3, -0.25) is 0 Å². The van der Waals surface area contributed by atoms with Gasteiger partial charge in [-0.25, -0.2) is 14.2 Å². The maximum atomic E-state index is 13.3. The van der Waals surface area contributed by atoms with E-state index in [-0.39, 0.29) is 10.0 Å². The first-order chi connectivity index (χ1) is 10.0. The van der Waals surface area contributed by atoms with Crippen molar-refractivity contribution in [3.8, 4) is 0 Å². The van der Waals surface area contributed by atoms with E-state index in [1.807, 2.05) is 0 Å². The molecule has 1 heterocycles. The number of hydrogen-bond acceptors (Lipinski definition) is 4. The van der Waals surface area contributed by atoms with Gasteiger partial charge in [-0.2, -0.15) is 0 Å². The summed E-state index contributed by atoms with van der Waals surface area (Å²) in [5.74, 6) is -0.652. The summed E-state index contributed by atoms with van der Waals surface area (Å²) in [5.41, 5.74) is 0.834. The number of ether oxygens (including phenoxy) is 1. The highest BCUT2D eigenvalue weighted by molar-refractivity contribution is 6.35.